The molecule has 1 fully saturated rings. The maximum absolute atomic E-state index is 11.3. The molecule has 0 spiro atoms. The van der Waals surface area contributed by atoms with Crippen molar-refractivity contribution in [2.45, 2.75) is 51.8 Å². The number of nitrogens with one attached hydrogen (secondary N) is 2. The van der Waals surface area contributed by atoms with Crippen molar-refractivity contribution in [2.24, 2.45) is 0 Å². The van der Waals surface area contributed by atoms with Gasteiger partial charge in [-0.3, -0.25) is 0 Å². The number of hydrogen-bond acceptors (Lipinski definition) is 3. The van der Waals surface area contributed by atoms with Crippen molar-refractivity contribution in [3.63, 3.8) is 0 Å². The Balaban J connectivity index is 2.31. The van der Waals surface area contributed by atoms with Crippen LogP contribution >= 0.6 is 0 Å². The molecule has 0 radical (unpaired) electrons. The molecule has 1 rings (SSSR count). The minimum atomic E-state index is -0.305. The normalized spacial score (nSPS) is 27.4. The first kappa shape index (κ1) is 11.3. The van der Waals surface area contributed by atoms with E-state index in [1.165, 1.54) is 0 Å². The van der Waals surface area contributed by atoms with E-state index < -0.39 is 0 Å². The third kappa shape index (κ3) is 3.54. The number of carbonyl (C=O) groups excluding carboxylic acids is 1. The first-order valence-electron chi connectivity index (χ1n) is 5.30. The minimum absolute atomic E-state index is 0.0538. The van der Waals surface area contributed by atoms with E-state index >= 15 is 0 Å². The lowest BCUT2D eigenvalue weighted by Crippen LogP contribution is -2.52. The number of rotatable bonds is 2. The number of ether oxygens (including phenoxy) is 1. The molecule has 4 heteroatoms. The molecule has 2 N–H and O–H groups in total. The van der Waals surface area contributed by atoms with Crippen LogP contribution in [0.5, 0.6) is 0 Å². The minimum Gasteiger partial charge on any atom is -0.447 e. The third-order valence-corrected chi connectivity index (χ3v) is 2.41. The van der Waals surface area contributed by atoms with E-state index in [2.05, 4.69) is 17.6 Å². The molecule has 0 aromatic heterocycles. The molecule has 4 nitrogen and oxygen atoms in total. The van der Waals surface area contributed by atoms with Gasteiger partial charge in [-0.1, -0.05) is 0 Å². The zero-order valence-electron chi connectivity index (χ0n) is 9.17. The van der Waals surface area contributed by atoms with Crippen LogP contribution in [0, 0.1) is 0 Å². The number of alkyl carbamates (subject to hydrolysis) is 1. The Morgan fingerprint density at radius 3 is 2.86 bits per heavy atom. The van der Waals surface area contributed by atoms with Crippen molar-refractivity contribution in [3.05, 3.63) is 0 Å². The molecule has 1 amide bonds. The van der Waals surface area contributed by atoms with Crippen molar-refractivity contribution < 1.29 is 9.53 Å². The predicted octanol–water partition coefficient (Wildman–Crippen LogP) is 1.26. The highest BCUT2D eigenvalue weighted by atomic mass is 16.6. The smallest absolute Gasteiger partial charge is 0.407 e. The first-order chi connectivity index (χ1) is 6.59. The van der Waals surface area contributed by atoms with Crippen LogP contribution in [0.3, 0.4) is 0 Å². The van der Waals surface area contributed by atoms with Crippen LogP contribution in [0.2, 0.25) is 0 Å². The number of piperidine rings is 1. The van der Waals surface area contributed by atoms with Crippen molar-refractivity contribution in [1.29, 1.82) is 0 Å². The average molecular weight is 200 g/mol. The van der Waals surface area contributed by atoms with Gasteiger partial charge in [0.05, 0.1) is 6.10 Å². The fourth-order valence-electron chi connectivity index (χ4n) is 1.64. The van der Waals surface area contributed by atoms with Gasteiger partial charge in [-0.25, -0.2) is 4.79 Å². The van der Waals surface area contributed by atoms with Gasteiger partial charge in [0, 0.05) is 12.1 Å². The van der Waals surface area contributed by atoms with Crippen molar-refractivity contribution in [1.82, 2.24) is 10.6 Å². The molecule has 14 heavy (non-hydrogen) atoms. The molecule has 1 aliphatic heterocycles. The molecule has 2 unspecified atom stereocenters. The van der Waals surface area contributed by atoms with Crippen molar-refractivity contribution in [3.8, 4) is 0 Å². The summed E-state index contributed by atoms with van der Waals surface area (Å²) in [6, 6.07) is 0.540. The second-order valence-corrected chi connectivity index (χ2v) is 4.09. The average Bonchev–Trinajstić information content (AvgIpc) is 2.07. The van der Waals surface area contributed by atoms with E-state index in [0.717, 1.165) is 19.4 Å². The van der Waals surface area contributed by atoms with E-state index in [1.807, 2.05) is 13.8 Å². The summed E-state index contributed by atoms with van der Waals surface area (Å²) >= 11 is 0. The van der Waals surface area contributed by atoms with Gasteiger partial charge in [-0.05, 0) is 40.2 Å². The fraction of sp³-hybridized carbons (Fsp3) is 0.900. The molecule has 1 heterocycles. The van der Waals surface area contributed by atoms with E-state index in [-0.39, 0.29) is 18.2 Å². The molecular formula is C10H20N2O2. The van der Waals surface area contributed by atoms with Crippen molar-refractivity contribution >= 4 is 6.09 Å². The highest BCUT2D eigenvalue weighted by Crippen LogP contribution is 2.08. The van der Waals surface area contributed by atoms with Gasteiger partial charge in [-0.2, -0.15) is 0 Å². The summed E-state index contributed by atoms with van der Waals surface area (Å²) < 4.78 is 5.02. The summed E-state index contributed by atoms with van der Waals surface area (Å²) in [6.07, 6.45) is 1.78. The Morgan fingerprint density at radius 2 is 2.29 bits per heavy atom. The van der Waals surface area contributed by atoms with Crippen LogP contribution in [-0.2, 0) is 4.74 Å². The number of carbonyl (C=O) groups is 1. The summed E-state index contributed by atoms with van der Waals surface area (Å²) in [5.74, 6) is 0. The van der Waals surface area contributed by atoms with Gasteiger partial charge in [0.1, 0.15) is 0 Å². The Kier molecular flexibility index (Phi) is 4.20. The van der Waals surface area contributed by atoms with Crippen molar-refractivity contribution in [2.75, 3.05) is 6.54 Å². The van der Waals surface area contributed by atoms with Gasteiger partial charge >= 0.3 is 6.09 Å². The Bertz CT molecular complexity index is 195. The Morgan fingerprint density at radius 1 is 1.57 bits per heavy atom. The van der Waals surface area contributed by atoms with E-state index in [1.54, 1.807) is 0 Å². The molecule has 0 aromatic rings. The van der Waals surface area contributed by atoms with Gasteiger partial charge in [-0.15, -0.1) is 0 Å². The summed E-state index contributed by atoms with van der Waals surface area (Å²) in [6.45, 7) is 6.82. The topological polar surface area (TPSA) is 50.4 Å². The molecule has 0 saturated carbocycles. The number of amides is 1. The zero-order chi connectivity index (χ0) is 10.6. The summed E-state index contributed by atoms with van der Waals surface area (Å²) in [4.78, 5) is 11.3. The van der Waals surface area contributed by atoms with Crippen LogP contribution in [0.4, 0.5) is 4.79 Å². The summed E-state index contributed by atoms with van der Waals surface area (Å²) in [7, 11) is 0. The SMILES string of the molecule is CC(C)OC(=O)NC1CCCNC1C. The second-order valence-electron chi connectivity index (χ2n) is 4.09. The Labute approximate surface area is 85.4 Å². The highest BCUT2D eigenvalue weighted by molar-refractivity contribution is 5.67. The molecular weight excluding hydrogens is 180 g/mol. The van der Waals surface area contributed by atoms with Gasteiger partial charge < -0.3 is 15.4 Å². The predicted molar refractivity (Wildman–Crippen MR) is 55.2 cm³/mol. The van der Waals surface area contributed by atoms with Crippen LogP contribution in [-0.4, -0.2) is 30.8 Å². The monoisotopic (exact) mass is 200 g/mol. The van der Waals surface area contributed by atoms with Crippen LogP contribution in [0.1, 0.15) is 33.6 Å². The maximum Gasteiger partial charge on any atom is 0.407 e. The molecule has 1 saturated heterocycles. The van der Waals surface area contributed by atoms with Gasteiger partial charge in [0.15, 0.2) is 0 Å². The highest BCUT2D eigenvalue weighted by Gasteiger charge is 2.22. The molecule has 0 bridgehead atoms. The summed E-state index contributed by atoms with van der Waals surface area (Å²) in [5, 5.41) is 6.20. The van der Waals surface area contributed by atoms with E-state index in [0.29, 0.717) is 6.04 Å². The lowest BCUT2D eigenvalue weighted by atomic mass is 10.0. The first-order valence-corrected chi connectivity index (χ1v) is 5.30. The quantitative estimate of drug-likeness (QED) is 0.705. The largest absolute Gasteiger partial charge is 0.447 e. The number of hydrogen-bond donors (Lipinski definition) is 2. The van der Waals surface area contributed by atoms with Gasteiger partial charge in [0.2, 0.25) is 0 Å². The lowest BCUT2D eigenvalue weighted by molar-refractivity contribution is 0.108. The fourth-order valence-corrected chi connectivity index (χ4v) is 1.64. The molecule has 82 valence electrons. The van der Waals surface area contributed by atoms with Crippen LogP contribution in [0.15, 0.2) is 0 Å². The Hall–Kier alpha value is -0.770. The second kappa shape index (κ2) is 5.20. The molecule has 0 aromatic carbocycles. The van der Waals surface area contributed by atoms with Crippen LogP contribution in [0.25, 0.3) is 0 Å². The maximum atomic E-state index is 11.3. The van der Waals surface area contributed by atoms with Crippen LogP contribution < -0.4 is 10.6 Å². The standard InChI is InChI=1S/C10H20N2O2/c1-7(2)14-10(13)12-9-5-4-6-11-8(9)3/h7-9,11H,4-6H2,1-3H3,(H,12,13). The van der Waals surface area contributed by atoms with Gasteiger partial charge in [0.25, 0.3) is 0 Å². The van der Waals surface area contributed by atoms with E-state index in [4.69, 9.17) is 4.74 Å². The molecule has 1 aliphatic rings. The summed E-state index contributed by atoms with van der Waals surface area (Å²) in [5.41, 5.74) is 0. The lowest BCUT2D eigenvalue weighted by Gasteiger charge is -2.30. The molecule has 0 aliphatic carbocycles. The third-order valence-electron chi connectivity index (χ3n) is 2.41. The van der Waals surface area contributed by atoms with E-state index in [9.17, 15) is 4.79 Å². The zero-order valence-corrected chi connectivity index (χ0v) is 9.17. The molecule has 2 atom stereocenters.